The summed E-state index contributed by atoms with van der Waals surface area (Å²) >= 11 is 0. The van der Waals surface area contributed by atoms with E-state index < -0.39 is 23.7 Å². The first-order valence-corrected chi connectivity index (χ1v) is 5.58. The summed E-state index contributed by atoms with van der Waals surface area (Å²) in [4.78, 5) is 22.1. The van der Waals surface area contributed by atoms with Gasteiger partial charge in [-0.3, -0.25) is 9.59 Å². The van der Waals surface area contributed by atoms with Gasteiger partial charge in [0.25, 0.3) is 0 Å². The Labute approximate surface area is 100 Å². The second-order valence-electron chi connectivity index (χ2n) is 4.16. The number of carbonyl (C=O) groups excluding carboxylic acids is 1. The molecule has 0 saturated heterocycles. The van der Waals surface area contributed by atoms with Crippen molar-refractivity contribution in [1.82, 2.24) is 0 Å². The fourth-order valence-corrected chi connectivity index (χ4v) is 1.78. The molecule has 17 heavy (non-hydrogen) atoms. The van der Waals surface area contributed by atoms with Crippen LogP contribution in [0.3, 0.4) is 0 Å². The van der Waals surface area contributed by atoms with Gasteiger partial charge < -0.3 is 10.8 Å². The van der Waals surface area contributed by atoms with Gasteiger partial charge in [-0.1, -0.05) is 37.3 Å². The Morgan fingerprint density at radius 3 is 2.35 bits per heavy atom. The molecule has 4 heteroatoms. The van der Waals surface area contributed by atoms with Gasteiger partial charge in [0, 0.05) is 0 Å². The molecule has 0 aliphatic rings. The lowest BCUT2D eigenvalue weighted by Gasteiger charge is -2.17. The molecule has 4 nitrogen and oxygen atoms in total. The largest absolute Gasteiger partial charge is 0.481 e. The van der Waals surface area contributed by atoms with E-state index in [2.05, 4.69) is 0 Å². The monoisotopic (exact) mass is 235 g/mol. The lowest BCUT2D eigenvalue weighted by Crippen LogP contribution is -2.33. The zero-order valence-electron chi connectivity index (χ0n) is 9.80. The van der Waals surface area contributed by atoms with Gasteiger partial charge in [0.05, 0.1) is 11.8 Å². The van der Waals surface area contributed by atoms with Gasteiger partial charge in [0.1, 0.15) is 0 Å². The highest BCUT2D eigenvalue weighted by Crippen LogP contribution is 2.18. The minimum absolute atomic E-state index is 0.465. The number of aryl methyl sites for hydroxylation is 1. The fraction of sp³-hybridized carbons (Fsp3) is 0.385. The van der Waals surface area contributed by atoms with Crippen LogP contribution in [-0.2, 0) is 16.0 Å². The van der Waals surface area contributed by atoms with E-state index in [0.717, 1.165) is 5.56 Å². The Morgan fingerprint density at radius 1 is 1.29 bits per heavy atom. The van der Waals surface area contributed by atoms with E-state index in [9.17, 15) is 9.59 Å². The van der Waals surface area contributed by atoms with Crippen LogP contribution < -0.4 is 5.73 Å². The number of carboxylic acid groups (broad SMARTS) is 1. The molecule has 3 N–H and O–H groups in total. The van der Waals surface area contributed by atoms with Crippen molar-refractivity contribution >= 4 is 11.9 Å². The molecule has 2 unspecified atom stereocenters. The maximum atomic E-state index is 11.2. The lowest BCUT2D eigenvalue weighted by atomic mass is 9.88. The van der Waals surface area contributed by atoms with E-state index in [0.29, 0.717) is 12.8 Å². The predicted octanol–water partition coefficient (Wildman–Crippen LogP) is 1.44. The highest BCUT2D eigenvalue weighted by molar-refractivity contribution is 5.83. The molecule has 1 aromatic rings. The molecule has 92 valence electrons. The van der Waals surface area contributed by atoms with E-state index in [4.69, 9.17) is 10.8 Å². The van der Waals surface area contributed by atoms with Crippen molar-refractivity contribution in [1.29, 1.82) is 0 Å². The summed E-state index contributed by atoms with van der Waals surface area (Å²) in [5.41, 5.74) is 6.32. The predicted molar refractivity (Wildman–Crippen MR) is 64.2 cm³/mol. The van der Waals surface area contributed by atoms with E-state index >= 15 is 0 Å². The van der Waals surface area contributed by atoms with Gasteiger partial charge in [-0.25, -0.2) is 0 Å². The first kappa shape index (κ1) is 13.2. The number of benzene rings is 1. The highest BCUT2D eigenvalue weighted by Gasteiger charge is 2.27. The second kappa shape index (κ2) is 6.03. The highest BCUT2D eigenvalue weighted by atomic mass is 16.4. The molecule has 0 fully saturated rings. The van der Waals surface area contributed by atoms with Gasteiger partial charge in [-0.05, 0) is 18.4 Å². The molecule has 0 saturated carbocycles. The number of carbonyl (C=O) groups is 2. The van der Waals surface area contributed by atoms with Gasteiger partial charge in [0.2, 0.25) is 5.91 Å². The number of aliphatic carboxylic acids is 1. The minimum atomic E-state index is -0.984. The van der Waals surface area contributed by atoms with Gasteiger partial charge >= 0.3 is 5.97 Å². The summed E-state index contributed by atoms with van der Waals surface area (Å²) in [6, 6.07) is 9.63. The van der Waals surface area contributed by atoms with Crippen LogP contribution in [0.1, 0.15) is 18.9 Å². The van der Waals surface area contributed by atoms with E-state index in [-0.39, 0.29) is 0 Å². The number of hydrogen-bond donors (Lipinski definition) is 2. The molecule has 1 amide bonds. The Morgan fingerprint density at radius 2 is 1.88 bits per heavy atom. The molecule has 0 aliphatic heterocycles. The lowest BCUT2D eigenvalue weighted by molar-refractivity contribution is -0.146. The van der Waals surface area contributed by atoms with Crippen molar-refractivity contribution in [3.63, 3.8) is 0 Å². The molecular weight excluding hydrogens is 218 g/mol. The number of hydrogen-bond acceptors (Lipinski definition) is 2. The van der Waals surface area contributed by atoms with Crippen LogP contribution >= 0.6 is 0 Å². The third kappa shape index (κ3) is 3.90. The van der Waals surface area contributed by atoms with Crippen molar-refractivity contribution in [3.8, 4) is 0 Å². The molecular formula is C13H17NO3. The first-order chi connectivity index (χ1) is 8.02. The van der Waals surface area contributed by atoms with Crippen molar-refractivity contribution in [3.05, 3.63) is 35.9 Å². The maximum Gasteiger partial charge on any atom is 0.307 e. The minimum Gasteiger partial charge on any atom is -0.481 e. The summed E-state index contributed by atoms with van der Waals surface area (Å²) in [5.74, 6) is -2.89. The molecule has 1 aromatic carbocycles. The Balaban J connectivity index is 2.63. The second-order valence-corrected chi connectivity index (χ2v) is 4.16. The van der Waals surface area contributed by atoms with Gasteiger partial charge in [0.15, 0.2) is 0 Å². The van der Waals surface area contributed by atoms with Crippen molar-refractivity contribution in [2.24, 2.45) is 17.6 Å². The molecule has 0 aromatic heterocycles. The Kier molecular flexibility index (Phi) is 4.69. The van der Waals surface area contributed by atoms with Crippen LogP contribution in [-0.4, -0.2) is 17.0 Å². The summed E-state index contributed by atoms with van der Waals surface area (Å²) in [5, 5.41) is 8.89. The van der Waals surface area contributed by atoms with E-state index in [1.54, 1.807) is 0 Å². The summed E-state index contributed by atoms with van der Waals surface area (Å²) in [6.07, 6.45) is 1.12. The van der Waals surface area contributed by atoms with Gasteiger partial charge in [-0.2, -0.15) is 0 Å². The average Bonchev–Trinajstić information content (AvgIpc) is 2.29. The third-order valence-electron chi connectivity index (χ3n) is 2.95. The SMILES string of the molecule is CC(C(=O)O)C(CCc1ccccc1)C(N)=O. The quantitative estimate of drug-likeness (QED) is 0.783. The number of amides is 1. The molecule has 2 atom stereocenters. The van der Waals surface area contributed by atoms with Crippen molar-refractivity contribution in [2.75, 3.05) is 0 Å². The normalized spacial score (nSPS) is 13.9. The zero-order valence-corrected chi connectivity index (χ0v) is 9.80. The topological polar surface area (TPSA) is 80.4 Å². The average molecular weight is 235 g/mol. The molecule has 0 aliphatic carbocycles. The number of carboxylic acids is 1. The first-order valence-electron chi connectivity index (χ1n) is 5.58. The Hall–Kier alpha value is -1.84. The van der Waals surface area contributed by atoms with Crippen LogP contribution in [0.4, 0.5) is 0 Å². The molecule has 0 radical (unpaired) electrons. The number of primary amides is 1. The smallest absolute Gasteiger partial charge is 0.307 e. The maximum absolute atomic E-state index is 11.2. The zero-order chi connectivity index (χ0) is 12.8. The van der Waals surface area contributed by atoms with Crippen molar-refractivity contribution < 1.29 is 14.7 Å². The third-order valence-corrected chi connectivity index (χ3v) is 2.95. The number of nitrogens with two attached hydrogens (primary N) is 1. The van der Waals surface area contributed by atoms with Crippen LogP contribution in [0.25, 0.3) is 0 Å². The van der Waals surface area contributed by atoms with Crippen molar-refractivity contribution in [2.45, 2.75) is 19.8 Å². The van der Waals surface area contributed by atoms with Crippen LogP contribution in [0.15, 0.2) is 30.3 Å². The van der Waals surface area contributed by atoms with Gasteiger partial charge in [-0.15, -0.1) is 0 Å². The van der Waals surface area contributed by atoms with E-state index in [1.807, 2.05) is 30.3 Å². The van der Waals surface area contributed by atoms with Crippen LogP contribution in [0.2, 0.25) is 0 Å². The number of rotatable bonds is 6. The summed E-state index contributed by atoms with van der Waals surface area (Å²) in [7, 11) is 0. The standard InChI is InChI=1S/C13H17NO3/c1-9(13(16)17)11(12(14)15)8-7-10-5-3-2-4-6-10/h2-6,9,11H,7-8H2,1H3,(H2,14,15)(H,16,17). The molecule has 0 spiro atoms. The Bertz CT molecular complexity index is 389. The van der Waals surface area contributed by atoms with E-state index in [1.165, 1.54) is 6.92 Å². The van der Waals surface area contributed by atoms with Crippen LogP contribution in [0, 0.1) is 11.8 Å². The summed E-state index contributed by atoms with van der Waals surface area (Å²) < 4.78 is 0. The fourth-order valence-electron chi connectivity index (χ4n) is 1.78. The molecule has 1 rings (SSSR count). The molecule has 0 bridgehead atoms. The van der Waals surface area contributed by atoms with Crippen LogP contribution in [0.5, 0.6) is 0 Å². The summed E-state index contributed by atoms with van der Waals surface area (Å²) in [6.45, 7) is 1.52. The molecule has 0 heterocycles.